The molecule has 0 fully saturated rings. The van der Waals surface area contributed by atoms with Gasteiger partial charge in [0.25, 0.3) is 0 Å². The normalized spacial score (nSPS) is 10.8. The molecule has 0 atom stereocenters. The van der Waals surface area contributed by atoms with Crippen LogP contribution < -0.4 is 0 Å². The molecule has 118 valence electrons. The van der Waals surface area contributed by atoms with E-state index >= 15 is 0 Å². The van der Waals surface area contributed by atoms with Crippen molar-refractivity contribution in [3.8, 4) is 16.9 Å². The van der Waals surface area contributed by atoms with Gasteiger partial charge in [0.05, 0.1) is 0 Å². The Morgan fingerprint density at radius 2 is 1.41 bits per heavy atom. The molecule has 0 saturated carbocycles. The van der Waals surface area contributed by atoms with Crippen LogP contribution in [0.15, 0.2) is 48.5 Å². The maximum atomic E-state index is 10.5. The molecule has 1 nitrogen and oxygen atoms in total. The topological polar surface area (TPSA) is 20.2 Å². The van der Waals surface area contributed by atoms with Crippen molar-refractivity contribution in [2.45, 2.75) is 58.3 Å². The molecule has 22 heavy (non-hydrogen) atoms. The molecule has 0 aliphatic rings. The Kier molecular flexibility index (Phi) is 7.02. The number of phenolic OH excluding ortho intramolecular Hbond substituents is 1. The highest BCUT2D eigenvalue weighted by atomic mass is 16.3. The third-order valence-corrected chi connectivity index (χ3v) is 4.25. The highest BCUT2D eigenvalue weighted by Gasteiger charge is 2.08. The van der Waals surface area contributed by atoms with E-state index in [0.29, 0.717) is 5.75 Å². The number of hydrogen-bond donors (Lipinski definition) is 1. The van der Waals surface area contributed by atoms with Crippen molar-refractivity contribution < 1.29 is 5.11 Å². The van der Waals surface area contributed by atoms with E-state index in [1.54, 1.807) is 0 Å². The summed E-state index contributed by atoms with van der Waals surface area (Å²) in [5, 5.41) is 10.5. The SMILES string of the molecule is CCCCCCCCCc1cccc(-c2ccccc2)c1O. The minimum atomic E-state index is 0.458. The lowest BCUT2D eigenvalue weighted by Crippen LogP contribution is -1.89. The van der Waals surface area contributed by atoms with Crippen LogP contribution in [0.2, 0.25) is 0 Å². The molecular weight excluding hydrogens is 268 g/mol. The van der Waals surface area contributed by atoms with Gasteiger partial charge in [0.2, 0.25) is 0 Å². The first-order chi connectivity index (χ1) is 10.8. The van der Waals surface area contributed by atoms with E-state index in [2.05, 4.69) is 19.1 Å². The molecule has 0 unspecified atom stereocenters. The maximum absolute atomic E-state index is 10.5. The Labute approximate surface area is 135 Å². The summed E-state index contributed by atoms with van der Waals surface area (Å²) in [6.07, 6.45) is 10.1. The van der Waals surface area contributed by atoms with Crippen molar-refractivity contribution in [1.29, 1.82) is 0 Å². The first kappa shape index (κ1) is 16.6. The molecule has 2 rings (SSSR count). The van der Waals surface area contributed by atoms with Gasteiger partial charge in [0.15, 0.2) is 0 Å². The summed E-state index contributed by atoms with van der Waals surface area (Å²) < 4.78 is 0. The van der Waals surface area contributed by atoms with Gasteiger partial charge in [-0.1, -0.05) is 94.0 Å². The zero-order valence-electron chi connectivity index (χ0n) is 13.7. The molecule has 0 amide bonds. The second-order valence-corrected chi connectivity index (χ2v) is 6.05. The standard InChI is InChI=1S/C21H28O/c1-2-3-4-5-6-7-9-15-19-16-12-17-20(21(19)22)18-13-10-8-11-14-18/h8,10-14,16-17,22H,2-7,9,15H2,1H3. The van der Waals surface area contributed by atoms with Crippen molar-refractivity contribution >= 4 is 0 Å². The Morgan fingerprint density at radius 3 is 2.14 bits per heavy atom. The van der Waals surface area contributed by atoms with Crippen LogP contribution in [0, 0.1) is 0 Å². The molecule has 0 heterocycles. The third kappa shape index (κ3) is 4.91. The molecule has 0 aromatic heterocycles. The van der Waals surface area contributed by atoms with Crippen LogP contribution in [-0.4, -0.2) is 5.11 Å². The smallest absolute Gasteiger partial charge is 0.126 e. The number of para-hydroxylation sites is 1. The lowest BCUT2D eigenvalue weighted by Gasteiger charge is -2.10. The van der Waals surface area contributed by atoms with E-state index in [9.17, 15) is 5.11 Å². The van der Waals surface area contributed by atoms with Gasteiger partial charge < -0.3 is 5.11 Å². The third-order valence-electron chi connectivity index (χ3n) is 4.25. The Hall–Kier alpha value is -1.76. The Bertz CT molecular complexity index is 545. The molecule has 0 aliphatic heterocycles. The first-order valence-corrected chi connectivity index (χ1v) is 8.69. The Balaban J connectivity index is 1.87. The number of hydrogen-bond acceptors (Lipinski definition) is 1. The van der Waals surface area contributed by atoms with Crippen LogP contribution in [0.5, 0.6) is 5.75 Å². The van der Waals surface area contributed by atoms with Crippen molar-refractivity contribution in [2.24, 2.45) is 0 Å². The lowest BCUT2D eigenvalue weighted by molar-refractivity contribution is 0.468. The number of rotatable bonds is 9. The molecule has 0 aliphatic carbocycles. The highest BCUT2D eigenvalue weighted by Crippen LogP contribution is 2.32. The summed E-state index contributed by atoms with van der Waals surface area (Å²) in [5.74, 6) is 0.458. The number of aryl methyl sites for hydroxylation is 1. The van der Waals surface area contributed by atoms with Gasteiger partial charge in [0, 0.05) is 5.56 Å². The quantitative estimate of drug-likeness (QED) is 0.534. The number of benzene rings is 2. The van der Waals surface area contributed by atoms with Gasteiger partial charge in [-0.15, -0.1) is 0 Å². The summed E-state index contributed by atoms with van der Waals surface area (Å²) in [6.45, 7) is 2.25. The van der Waals surface area contributed by atoms with E-state index in [0.717, 1.165) is 29.5 Å². The van der Waals surface area contributed by atoms with Crippen LogP contribution in [0.3, 0.4) is 0 Å². The van der Waals surface area contributed by atoms with Gasteiger partial charge in [-0.3, -0.25) is 0 Å². The molecule has 2 aromatic rings. The maximum Gasteiger partial charge on any atom is 0.126 e. The zero-order chi connectivity index (χ0) is 15.6. The summed E-state index contributed by atoms with van der Waals surface area (Å²) in [4.78, 5) is 0. The van der Waals surface area contributed by atoms with Crippen LogP contribution in [0.25, 0.3) is 11.1 Å². The molecule has 0 radical (unpaired) electrons. The fourth-order valence-corrected chi connectivity index (χ4v) is 2.92. The fourth-order valence-electron chi connectivity index (χ4n) is 2.92. The summed E-state index contributed by atoms with van der Waals surface area (Å²) in [7, 11) is 0. The minimum Gasteiger partial charge on any atom is -0.507 e. The molecule has 0 spiro atoms. The van der Waals surface area contributed by atoms with Crippen LogP contribution >= 0.6 is 0 Å². The van der Waals surface area contributed by atoms with Crippen molar-refractivity contribution in [1.82, 2.24) is 0 Å². The van der Waals surface area contributed by atoms with Crippen LogP contribution in [0.4, 0.5) is 0 Å². The number of phenols is 1. The van der Waals surface area contributed by atoms with E-state index < -0.39 is 0 Å². The molecule has 1 N–H and O–H groups in total. The predicted molar refractivity (Wildman–Crippen MR) is 95.2 cm³/mol. The molecule has 2 aromatic carbocycles. The first-order valence-electron chi connectivity index (χ1n) is 8.69. The summed E-state index contributed by atoms with van der Waals surface area (Å²) in [5.41, 5.74) is 3.11. The second-order valence-electron chi connectivity index (χ2n) is 6.05. The van der Waals surface area contributed by atoms with Gasteiger partial charge in [0.1, 0.15) is 5.75 Å². The summed E-state index contributed by atoms with van der Waals surface area (Å²) in [6, 6.07) is 16.2. The number of aromatic hydroxyl groups is 1. The van der Waals surface area contributed by atoms with Gasteiger partial charge in [-0.25, -0.2) is 0 Å². The number of unbranched alkanes of at least 4 members (excludes halogenated alkanes) is 6. The highest BCUT2D eigenvalue weighted by molar-refractivity contribution is 5.71. The predicted octanol–water partition coefficient (Wildman–Crippen LogP) is 6.35. The monoisotopic (exact) mass is 296 g/mol. The van der Waals surface area contributed by atoms with E-state index in [1.165, 1.54) is 38.5 Å². The van der Waals surface area contributed by atoms with Crippen LogP contribution in [0.1, 0.15) is 57.4 Å². The van der Waals surface area contributed by atoms with E-state index in [4.69, 9.17) is 0 Å². The minimum absolute atomic E-state index is 0.458. The summed E-state index contributed by atoms with van der Waals surface area (Å²) >= 11 is 0. The Morgan fingerprint density at radius 1 is 0.727 bits per heavy atom. The van der Waals surface area contributed by atoms with Crippen molar-refractivity contribution in [3.63, 3.8) is 0 Å². The van der Waals surface area contributed by atoms with Crippen LogP contribution in [-0.2, 0) is 6.42 Å². The average Bonchev–Trinajstić information content (AvgIpc) is 2.56. The van der Waals surface area contributed by atoms with Crippen molar-refractivity contribution in [3.05, 3.63) is 54.1 Å². The molecule has 0 saturated heterocycles. The second kappa shape index (κ2) is 9.30. The lowest BCUT2D eigenvalue weighted by atomic mass is 9.98. The molecular formula is C21H28O. The van der Waals surface area contributed by atoms with Gasteiger partial charge in [-0.2, -0.15) is 0 Å². The van der Waals surface area contributed by atoms with Gasteiger partial charge in [-0.05, 0) is 24.0 Å². The van der Waals surface area contributed by atoms with E-state index in [-0.39, 0.29) is 0 Å². The fraction of sp³-hybridized carbons (Fsp3) is 0.429. The molecule has 1 heteroatoms. The zero-order valence-corrected chi connectivity index (χ0v) is 13.7. The average molecular weight is 296 g/mol. The van der Waals surface area contributed by atoms with Gasteiger partial charge >= 0.3 is 0 Å². The largest absolute Gasteiger partial charge is 0.507 e. The van der Waals surface area contributed by atoms with E-state index in [1.807, 2.05) is 36.4 Å². The molecule has 0 bridgehead atoms. The van der Waals surface area contributed by atoms with Crippen molar-refractivity contribution in [2.75, 3.05) is 0 Å².